The second kappa shape index (κ2) is 4.67. The number of nitrogens with one attached hydrogen (secondary N) is 1. The van der Waals surface area contributed by atoms with Gasteiger partial charge in [-0.05, 0) is 33.1 Å². The predicted octanol–water partition coefficient (Wildman–Crippen LogP) is 2.17. The Bertz CT molecular complexity index is 386. The molecule has 0 bridgehead atoms. The Morgan fingerprint density at radius 1 is 1.53 bits per heavy atom. The second-order valence-electron chi connectivity index (χ2n) is 5.47. The molecule has 0 aromatic carbocycles. The summed E-state index contributed by atoms with van der Waals surface area (Å²) in [6, 6.07) is 2.33. The van der Waals surface area contributed by atoms with E-state index in [9.17, 15) is 0 Å². The highest BCUT2D eigenvalue weighted by molar-refractivity contribution is 7.09. The average Bonchev–Trinajstić information content (AvgIpc) is 2.95. The fourth-order valence-electron chi connectivity index (χ4n) is 2.83. The molecule has 4 heteroatoms. The summed E-state index contributed by atoms with van der Waals surface area (Å²) in [6.45, 7) is 6.60. The lowest BCUT2D eigenvalue weighted by Crippen LogP contribution is -2.33. The maximum Gasteiger partial charge on any atom is 0.107 e. The molecule has 1 saturated heterocycles. The van der Waals surface area contributed by atoms with E-state index in [1.807, 2.05) is 0 Å². The van der Waals surface area contributed by atoms with Crippen LogP contribution in [0.3, 0.4) is 0 Å². The van der Waals surface area contributed by atoms with Gasteiger partial charge >= 0.3 is 0 Å². The van der Waals surface area contributed by atoms with Gasteiger partial charge in [0.25, 0.3) is 0 Å². The van der Waals surface area contributed by atoms with Gasteiger partial charge in [0, 0.05) is 42.3 Å². The molecule has 2 unspecified atom stereocenters. The Kier molecular flexibility index (Phi) is 3.19. The summed E-state index contributed by atoms with van der Waals surface area (Å²) in [5, 5.41) is 7.01. The monoisotopic (exact) mass is 251 g/mol. The lowest BCUT2D eigenvalue weighted by molar-refractivity contribution is 0.255. The lowest BCUT2D eigenvalue weighted by atomic mass is 10.2. The highest BCUT2D eigenvalue weighted by Crippen LogP contribution is 2.33. The predicted molar refractivity (Wildman–Crippen MR) is 71.3 cm³/mol. The van der Waals surface area contributed by atoms with Gasteiger partial charge in [-0.25, -0.2) is 4.98 Å². The zero-order chi connectivity index (χ0) is 11.8. The zero-order valence-electron chi connectivity index (χ0n) is 10.6. The van der Waals surface area contributed by atoms with Crippen molar-refractivity contribution in [2.24, 2.45) is 0 Å². The summed E-state index contributed by atoms with van der Waals surface area (Å²) in [5.74, 6) is 0. The largest absolute Gasteiger partial charge is 0.306 e. The van der Waals surface area contributed by atoms with Gasteiger partial charge in [0.1, 0.15) is 5.01 Å². The van der Waals surface area contributed by atoms with E-state index in [-0.39, 0.29) is 0 Å². The molecule has 17 heavy (non-hydrogen) atoms. The molecule has 1 aliphatic heterocycles. The minimum atomic E-state index is 0.662. The standard InChI is InChI=1S/C13H21N3S/c1-9-8-17-13(15-9)6-14-11-5-10(2)16(7-11)12-3-4-12/h8,10-12,14H,3-7H2,1-2H3. The summed E-state index contributed by atoms with van der Waals surface area (Å²) in [6.07, 6.45) is 4.13. The van der Waals surface area contributed by atoms with Gasteiger partial charge in [-0.3, -0.25) is 4.90 Å². The molecular weight excluding hydrogens is 230 g/mol. The van der Waals surface area contributed by atoms with Crippen molar-refractivity contribution in [1.82, 2.24) is 15.2 Å². The highest BCUT2D eigenvalue weighted by Gasteiger charge is 2.38. The van der Waals surface area contributed by atoms with Crippen LogP contribution < -0.4 is 5.32 Å². The van der Waals surface area contributed by atoms with Gasteiger partial charge in [-0.2, -0.15) is 0 Å². The number of aromatic nitrogens is 1. The van der Waals surface area contributed by atoms with Crippen LogP contribution in [0.5, 0.6) is 0 Å². The van der Waals surface area contributed by atoms with Crippen molar-refractivity contribution in [3.05, 3.63) is 16.1 Å². The Hall–Kier alpha value is -0.450. The van der Waals surface area contributed by atoms with Crippen LogP contribution in [0, 0.1) is 6.92 Å². The minimum absolute atomic E-state index is 0.662. The first-order chi connectivity index (χ1) is 8.22. The van der Waals surface area contributed by atoms with Crippen LogP contribution in [0.2, 0.25) is 0 Å². The molecule has 1 aromatic rings. The Morgan fingerprint density at radius 3 is 3.00 bits per heavy atom. The molecule has 1 aromatic heterocycles. The first kappa shape index (κ1) is 11.6. The normalized spacial score (nSPS) is 30.0. The molecule has 3 rings (SSSR count). The summed E-state index contributed by atoms with van der Waals surface area (Å²) in [7, 11) is 0. The van der Waals surface area contributed by atoms with Crippen LogP contribution in [0.1, 0.15) is 36.9 Å². The quantitative estimate of drug-likeness (QED) is 0.889. The van der Waals surface area contributed by atoms with Gasteiger partial charge in [0.2, 0.25) is 0 Å². The third-order valence-electron chi connectivity index (χ3n) is 3.85. The first-order valence-corrected chi connectivity index (χ1v) is 7.50. The maximum absolute atomic E-state index is 4.50. The second-order valence-corrected chi connectivity index (χ2v) is 6.42. The number of aryl methyl sites for hydroxylation is 1. The topological polar surface area (TPSA) is 28.2 Å². The summed E-state index contributed by atoms with van der Waals surface area (Å²) in [5.41, 5.74) is 1.14. The van der Waals surface area contributed by atoms with Crippen LogP contribution in [-0.4, -0.2) is 34.6 Å². The Morgan fingerprint density at radius 2 is 2.35 bits per heavy atom. The zero-order valence-corrected chi connectivity index (χ0v) is 11.5. The van der Waals surface area contributed by atoms with E-state index in [0.717, 1.165) is 24.3 Å². The number of hydrogen-bond acceptors (Lipinski definition) is 4. The Labute approximate surface area is 107 Å². The van der Waals surface area contributed by atoms with Crippen LogP contribution in [-0.2, 0) is 6.54 Å². The number of nitrogens with zero attached hydrogens (tertiary/aromatic N) is 2. The molecule has 0 radical (unpaired) electrons. The van der Waals surface area contributed by atoms with E-state index in [4.69, 9.17) is 0 Å². The van der Waals surface area contributed by atoms with Crippen molar-refractivity contribution in [3.63, 3.8) is 0 Å². The van der Waals surface area contributed by atoms with Crippen LogP contribution in [0.15, 0.2) is 5.38 Å². The fourth-order valence-corrected chi connectivity index (χ4v) is 3.56. The van der Waals surface area contributed by atoms with E-state index < -0.39 is 0 Å². The smallest absolute Gasteiger partial charge is 0.107 e. The molecule has 0 spiro atoms. The summed E-state index contributed by atoms with van der Waals surface area (Å²) >= 11 is 1.77. The summed E-state index contributed by atoms with van der Waals surface area (Å²) < 4.78 is 0. The van der Waals surface area contributed by atoms with Crippen molar-refractivity contribution in [2.45, 2.75) is 57.8 Å². The molecule has 1 saturated carbocycles. The molecule has 1 aliphatic carbocycles. The molecular formula is C13H21N3S. The average molecular weight is 251 g/mol. The van der Waals surface area contributed by atoms with E-state index in [2.05, 4.69) is 34.4 Å². The third-order valence-corrected chi connectivity index (χ3v) is 4.81. The summed E-state index contributed by atoms with van der Waals surface area (Å²) in [4.78, 5) is 7.18. The van der Waals surface area contributed by atoms with Gasteiger partial charge in [-0.15, -0.1) is 11.3 Å². The van der Waals surface area contributed by atoms with Crippen molar-refractivity contribution in [3.8, 4) is 0 Å². The molecule has 2 fully saturated rings. The van der Waals surface area contributed by atoms with E-state index >= 15 is 0 Å². The molecule has 94 valence electrons. The van der Waals surface area contributed by atoms with E-state index in [0.29, 0.717) is 6.04 Å². The molecule has 3 nitrogen and oxygen atoms in total. The number of thiazole rings is 1. The Balaban J connectivity index is 1.49. The molecule has 2 heterocycles. The first-order valence-electron chi connectivity index (χ1n) is 6.62. The van der Waals surface area contributed by atoms with Gasteiger partial charge < -0.3 is 5.32 Å². The van der Waals surface area contributed by atoms with Crippen LogP contribution in [0.4, 0.5) is 0 Å². The number of rotatable bonds is 4. The lowest BCUT2D eigenvalue weighted by Gasteiger charge is -2.19. The minimum Gasteiger partial charge on any atom is -0.306 e. The number of likely N-dealkylation sites (tertiary alicyclic amines) is 1. The van der Waals surface area contributed by atoms with Gasteiger partial charge in [0.05, 0.1) is 0 Å². The fraction of sp³-hybridized carbons (Fsp3) is 0.769. The third kappa shape index (κ3) is 2.69. The highest BCUT2D eigenvalue weighted by atomic mass is 32.1. The molecule has 2 atom stereocenters. The number of hydrogen-bond donors (Lipinski definition) is 1. The van der Waals surface area contributed by atoms with Crippen LogP contribution >= 0.6 is 11.3 Å². The van der Waals surface area contributed by atoms with Crippen molar-refractivity contribution >= 4 is 11.3 Å². The van der Waals surface area contributed by atoms with Crippen molar-refractivity contribution < 1.29 is 0 Å². The van der Waals surface area contributed by atoms with Crippen LogP contribution in [0.25, 0.3) is 0 Å². The molecule has 2 aliphatic rings. The molecule has 1 N–H and O–H groups in total. The van der Waals surface area contributed by atoms with Crippen molar-refractivity contribution in [1.29, 1.82) is 0 Å². The molecule has 0 amide bonds. The SMILES string of the molecule is Cc1csc(CNC2CC(C)N(C3CC3)C2)n1. The van der Waals surface area contributed by atoms with Gasteiger partial charge in [-0.1, -0.05) is 0 Å². The van der Waals surface area contributed by atoms with E-state index in [1.165, 1.54) is 30.8 Å². The maximum atomic E-state index is 4.50. The van der Waals surface area contributed by atoms with Crippen molar-refractivity contribution in [2.75, 3.05) is 6.54 Å². The van der Waals surface area contributed by atoms with Gasteiger partial charge in [0.15, 0.2) is 0 Å². The van der Waals surface area contributed by atoms with E-state index in [1.54, 1.807) is 11.3 Å².